The Morgan fingerprint density at radius 1 is 1.02 bits per heavy atom. The van der Waals surface area contributed by atoms with E-state index in [0.29, 0.717) is 35.8 Å². The van der Waals surface area contributed by atoms with Crippen molar-refractivity contribution < 1.29 is 9.84 Å². The lowest BCUT2D eigenvalue weighted by Gasteiger charge is -2.24. The molecule has 0 fully saturated rings. The number of aromatic nitrogens is 6. The van der Waals surface area contributed by atoms with Gasteiger partial charge in [-0.05, 0) is 85.0 Å². The molecule has 6 aromatic rings. The van der Waals surface area contributed by atoms with Gasteiger partial charge in [0, 0.05) is 22.3 Å². The standard InChI is InChI=1S/C31H29N7O3/c1-19(37(2)3)28-25-16-23(39)13-14-27(25)33-31(40)29(28)30-34-35-36-38(30)17-20-7-6-9-24(15-20)41-18-22-12-11-21-8-4-5-10-26(21)32-22/h4-16,19,39H,17-18H2,1-3H3,(H,33,40). The van der Waals surface area contributed by atoms with Crippen LogP contribution in [0.5, 0.6) is 11.5 Å². The van der Waals surface area contributed by atoms with Crippen LogP contribution in [0.4, 0.5) is 0 Å². The van der Waals surface area contributed by atoms with E-state index in [1.807, 2.05) is 86.6 Å². The number of nitrogens with zero attached hydrogens (tertiary/aromatic N) is 6. The van der Waals surface area contributed by atoms with E-state index in [0.717, 1.165) is 33.1 Å². The zero-order valence-corrected chi connectivity index (χ0v) is 22.9. The molecule has 3 aromatic carbocycles. The largest absolute Gasteiger partial charge is 0.508 e. The first-order valence-electron chi connectivity index (χ1n) is 13.3. The van der Waals surface area contributed by atoms with E-state index in [1.54, 1.807) is 22.9 Å². The summed E-state index contributed by atoms with van der Waals surface area (Å²) in [4.78, 5) is 23.1. The number of hydrogen-bond acceptors (Lipinski definition) is 8. The number of fused-ring (bicyclic) bond motifs is 2. The zero-order chi connectivity index (χ0) is 28.5. The zero-order valence-electron chi connectivity index (χ0n) is 22.9. The molecule has 0 saturated carbocycles. The highest BCUT2D eigenvalue weighted by atomic mass is 16.5. The highest BCUT2D eigenvalue weighted by Gasteiger charge is 2.25. The third-order valence-corrected chi connectivity index (χ3v) is 7.26. The van der Waals surface area contributed by atoms with Crippen molar-refractivity contribution in [2.45, 2.75) is 26.1 Å². The van der Waals surface area contributed by atoms with E-state index >= 15 is 0 Å². The summed E-state index contributed by atoms with van der Waals surface area (Å²) in [6.07, 6.45) is 0. The Kier molecular flexibility index (Phi) is 6.90. The molecule has 2 N–H and O–H groups in total. The summed E-state index contributed by atoms with van der Waals surface area (Å²) < 4.78 is 7.67. The Balaban J connectivity index is 1.31. The van der Waals surface area contributed by atoms with Crippen LogP contribution in [-0.2, 0) is 13.2 Å². The van der Waals surface area contributed by atoms with Crippen molar-refractivity contribution in [1.29, 1.82) is 0 Å². The van der Waals surface area contributed by atoms with Crippen molar-refractivity contribution in [3.8, 4) is 22.9 Å². The van der Waals surface area contributed by atoms with Gasteiger partial charge in [0.2, 0.25) is 0 Å². The Morgan fingerprint density at radius 3 is 2.73 bits per heavy atom. The number of H-pyrrole nitrogens is 1. The molecule has 0 bridgehead atoms. The quantitative estimate of drug-likeness (QED) is 0.282. The van der Waals surface area contributed by atoms with Crippen molar-refractivity contribution in [3.63, 3.8) is 0 Å². The lowest BCUT2D eigenvalue weighted by atomic mass is 9.96. The van der Waals surface area contributed by atoms with Gasteiger partial charge >= 0.3 is 0 Å². The average Bonchev–Trinajstić information content (AvgIpc) is 3.42. The number of aromatic hydroxyl groups is 1. The first kappa shape index (κ1) is 26.1. The summed E-state index contributed by atoms with van der Waals surface area (Å²) in [6.45, 7) is 2.65. The maximum absolute atomic E-state index is 13.5. The van der Waals surface area contributed by atoms with Crippen LogP contribution in [0.1, 0.15) is 29.8 Å². The number of nitrogens with one attached hydrogen (secondary N) is 1. The number of pyridine rings is 2. The monoisotopic (exact) mass is 547 g/mol. The van der Waals surface area contributed by atoms with Gasteiger partial charge in [-0.2, -0.15) is 0 Å². The summed E-state index contributed by atoms with van der Waals surface area (Å²) in [5.41, 5.74) is 4.09. The van der Waals surface area contributed by atoms with Crippen LogP contribution in [0.15, 0.2) is 83.7 Å². The van der Waals surface area contributed by atoms with Gasteiger partial charge in [0.05, 0.1) is 23.3 Å². The topological polar surface area (TPSA) is 122 Å². The van der Waals surface area contributed by atoms with Crippen LogP contribution in [0.25, 0.3) is 33.2 Å². The molecule has 0 amide bonds. The van der Waals surface area contributed by atoms with Crippen molar-refractivity contribution in [2.75, 3.05) is 14.1 Å². The number of hydrogen-bond donors (Lipinski definition) is 2. The minimum Gasteiger partial charge on any atom is -0.508 e. The molecule has 10 nitrogen and oxygen atoms in total. The lowest BCUT2D eigenvalue weighted by molar-refractivity contribution is 0.301. The van der Waals surface area contributed by atoms with Gasteiger partial charge in [-0.25, -0.2) is 9.67 Å². The minimum absolute atomic E-state index is 0.109. The number of phenolic OH excluding ortho intramolecular Hbond substituents is 1. The van der Waals surface area contributed by atoms with Crippen molar-refractivity contribution in [2.24, 2.45) is 0 Å². The molecule has 206 valence electrons. The number of benzene rings is 3. The molecule has 6 rings (SSSR count). The van der Waals surface area contributed by atoms with Crippen LogP contribution < -0.4 is 10.3 Å². The Labute approximate surface area is 235 Å². The SMILES string of the molecule is CC(c1c(-c2nnnn2Cc2cccc(OCc3ccc4ccccc4n3)c2)c(=O)[nH]c2ccc(O)cc12)N(C)C. The van der Waals surface area contributed by atoms with Gasteiger partial charge in [-0.1, -0.05) is 36.4 Å². The third kappa shape index (κ3) is 5.24. The molecule has 3 heterocycles. The predicted molar refractivity (Wildman–Crippen MR) is 157 cm³/mol. The summed E-state index contributed by atoms with van der Waals surface area (Å²) in [5, 5.41) is 24.4. The van der Waals surface area contributed by atoms with Crippen LogP contribution in [0.3, 0.4) is 0 Å². The summed E-state index contributed by atoms with van der Waals surface area (Å²) in [7, 11) is 3.87. The van der Waals surface area contributed by atoms with Crippen LogP contribution in [0.2, 0.25) is 0 Å². The van der Waals surface area contributed by atoms with E-state index in [-0.39, 0.29) is 17.4 Å². The fraction of sp³-hybridized carbons (Fsp3) is 0.194. The third-order valence-electron chi connectivity index (χ3n) is 7.26. The smallest absolute Gasteiger partial charge is 0.259 e. The van der Waals surface area contributed by atoms with Gasteiger partial charge < -0.3 is 19.7 Å². The van der Waals surface area contributed by atoms with E-state index in [1.165, 1.54) is 0 Å². The molecule has 1 unspecified atom stereocenters. The number of tetrazole rings is 1. The van der Waals surface area contributed by atoms with Gasteiger partial charge in [0.25, 0.3) is 5.56 Å². The van der Waals surface area contributed by atoms with Crippen LogP contribution >= 0.6 is 0 Å². The van der Waals surface area contributed by atoms with E-state index in [9.17, 15) is 9.90 Å². The summed E-state index contributed by atoms with van der Waals surface area (Å²) in [6, 6.07) is 24.4. The molecule has 0 saturated heterocycles. The second-order valence-electron chi connectivity index (χ2n) is 10.2. The highest BCUT2D eigenvalue weighted by molar-refractivity contribution is 5.89. The maximum Gasteiger partial charge on any atom is 0.259 e. The molecule has 0 radical (unpaired) electrons. The molecular formula is C31H29N7O3. The molecule has 0 aliphatic heterocycles. The summed E-state index contributed by atoms with van der Waals surface area (Å²) in [5.74, 6) is 1.14. The number of ether oxygens (including phenoxy) is 1. The molecular weight excluding hydrogens is 518 g/mol. The number of aromatic amines is 1. The number of rotatable bonds is 8. The van der Waals surface area contributed by atoms with Gasteiger partial charge in [0.15, 0.2) is 5.82 Å². The average molecular weight is 548 g/mol. The normalized spacial score (nSPS) is 12.3. The molecule has 0 spiro atoms. The van der Waals surface area contributed by atoms with Crippen molar-refractivity contribution in [3.05, 3.63) is 106 Å². The fourth-order valence-corrected chi connectivity index (χ4v) is 4.96. The molecule has 0 aliphatic rings. The Hall–Kier alpha value is -5.09. The van der Waals surface area contributed by atoms with Gasteiger partial charge in [-0.15, -0.1) is 5.10 Å². The number of para-hydroxylation sites is 1. The maximum atomic E-state index is 13.5. The molecule has 0 aliphatic carbocycles. The molecule has 10 heteroatoms. The molecule has 1 atom stereocenters. The van der Waals surface area contributed by atoms with Crippen molar-refractivity contribution >= 4 is 21.8 Å². The second-order valence-corrected chi connectivity index (χ2v) is 10.2. The summed E-state index contributed by atoms with van der Waals surface area (Å²) >= 11 is 0. The first-order valence-corrected chi connectivity index (χ1v) is 13.3. The van der Waals surface area contributed by atoms with Crippen LogP contribution in [0, 0.1) is 0 Å². The van der Waals surface area contributed by atoms with Gasteiger partial charge in [-0.3, -0.25) is 4.79 Å². The van der Waals surface area contributed by atoms with E-state index in [2.05, 4.69) is 25.5 Å². The second kappa shape index (κ2) is 10.8. The fourth-order valence-electron chi connectivity index (χ4n) is 4.96. The van der Waals surface area contributed by atoms with Crippen molar-refractivity contribution in [1.82, 2.24) is 35.1 Å². The van der Waals surface area contributed by atoms with E-state index < -0.39 is 0 Å². The first-order chi connectivity index (χ1) is 19.9. The number of phenols is 1. The predicted octanol–water partition coefficient (Wildman–Crippen LogP) is 4.69. The molecule has 3 aromatic heterocycles. The van der Waals surface area contributed by atoms with Gasteiger partial charge in [0.1, 0.15) is 18.1 Å². The molecule has 41 heavy (non-hydrogen) atoms. The van der Waals surface area contributed by atoms with Crippen LogP contribution in [-0.4, -0.2) is 54.3 Å². The lowest BCUT2D eigenvalue weighted by Crippen LogP contribution is -2.23. The highest BCUT2D eigenvalue weighted by Crippen LogP contribution is 2.34. The minimum atomic E-state index is -0.303. The Morgan fingerprint density at radius 2 is 1.88 bits per heavy atom. The van der Waals surface area contributed by atoms with E-state index in [4.69, 9.17) is 4.74 Å². The Bertz CT molecular complexity index is 1930.